The summed E-state index contributed by atoms with van der Waals surface area (Å²) in [6, 6.07) is 4.93. The fourth-order valence-electron chi connectivity index (χ4n) is 1.74. The molecule has 0 aliphatic rings. The number of para-hydroxylation sites is 1. The van der Waals surface area contributed by atoms with Crippen LogP contribution in [-0.4, -0.2) is 29.3 Å². The van der Waals surface area contributed by atoms with Crippen molar-refractivity contribution in [3.8, 4) is 0 Å². The second-order valence-electron chi connectivity index (χ2n) is 3.87. The number of aromatic carboxylic acids is 1. The van der Waals surface area contributed by atoms with Gasteiger partial charge in [-0.3, -0.25) is 0 Å². The van der Waals surface area contributed by atoms with Crippen molar-refractivity contribution in [2.24, 2.45) is 0 Å². The number of oxazole rings is 1. The summed E-state index contributed by atoms with van der Waals surface area (Å²) in [6.07, 6.45) is 1.46. The summed E-state index contributed by atoms with van der Waals surface area (Å²) in [5.74, 6) is -0.448. The number of nitrogens with zero attached hydrogens (tertiary/aromatic N) is 1. The Labute approximate surface area is 104 Å². The summed E-state index contributed by atoms with van der Waals surface area (Å²) >= 11 is 0. The Bertz CT molecular complexity index is 547. The highest BCUT2D eigenvalue weighted by atomic mass is 16.5. The zero-order valence-electron chi connectivity index (χ0n) is 10.2. The number of rotatable bonds is 6. The summed E-state index contributed by atoms with van der Waals surface area (Å²) in [5.41, 5.74) is 1.08. The second kappa shape index (κ2) is 5.64. The van der Waals surface area contributed by atoms with Crippen LogP contribution in [0.5, 0.6) is 0 Å². The number of benzene rings is 1. The molecule has 0 radical (unpaired) electrons. The summed E-state index contributed by atoms with van der Waals surface area (Å²) in [4.78, 5) is 15.3. The van der Waals surface area contributed by atoms with E-state index >= 15 is 0 Å². The first kappa shape index (κ1) is 12.6. The Morgan fingerprint density at radius 2 is 2.33 bits per heavy atom. The summed E-state index contributed by atoms with van der Waals surface area (Å²) < 4.78 is 10.7. The fraction of sp³-hybridized carbons (Fsp3) is 0.385. The summed E-state index contributed by atoms with van der Waals surface area (Å²) in [5, 5.41) is 9.03. The molecule has 0 spiro atoms. The van der Waals surface area contributed by atoms with Crippen molar-refractivity contribution in [2.45, 2.75) is 19.8 Å². The molecule has 1 N–H and O–H groups in total. The van der Waals surface area contributed by atoms with Crippen molar-refractivity contribution >= 4 is 17.1 Å². The van der Waals surface area contributed by atoms with Gasteiger partial charge in [-0.25, -0.2) is 9.78 Å². The number of carboxylic acid groups (broad SMARTS) is 1. The van der Waals surface area contributed by atoms with Gasteiger partial charge in [0.15, 0.2) is 11.5 Å². The first-order valence-corrected chi connectivity index (χ1v) is 5.92. The predicted octanol–water partition coefficient (Wildman–Crippen LogP) is 2.50. The molecule has 0 atom stereocenters. The maximum absolute atomic E-state index is 11.0. The van der Waals surface area contributed by atoms with Crippen molar-refractivity contribution in [3.63, 3.8) is 0 Å². The molecule has 0 saturated carbocycles. The minimum atomic E-state index is -1.00. The minimum absolute atomic E-state index is 0.149. The maximum atomic E-state index is 11.0. The number of carbonyl (C=O) groups is 1. The first-order valence-electron chi connectivity index (χ1n) is 5.92. The molecule has 5 nitrogen and oxygen atoms in total. The van der Waals surface area contributed by atoms with E-state index in [1.165, 1.54) is 6.07 Å². The van der Waals surface area contributed by atoms with Crippen molar-refractivity contribution in [2.75, 3.05) is 13.2 Å². The van der Waals surface area contributed by atoms with E-state index in [0.717, 1.165) is 6.42 Å². The zero-order valence-corrected chi connectivity index (χ0v) is 10.2. The molecule has 1 aromatic carbocycles. The molecular weight excluding hydrogens is 234 g/mol. The highest BCUT2D eigenvalue weighted by Crippen LogP contribution is 2.20. The summed E-state index contributed by atoms with van der Waals surface area (Å²) in [6.45, 7) is 3.29. The quantitative estimate of drug-likeness (QED) is 0.796. The molecule has 0 bridgehead atoms. The third-order valence-electron chi connectivity index (χ3n) is 2.57. The lowest BCUT2D eigenvalue weighted by atomic mass is 10.2. The molecule has 18 heavy (non-hydrogen) atoms. The van der Waals surface area contributed by atoms with Crippen LogP contribution in [-0.2, 0) is 11.2 Å². The van der Waals surface area contributed by atoms with Gasteiger partial charge in [0.2, 0.25) is 0 Å². The van der Waals surface area contributed by atoms with E-state index in [4.69, 9.17) is 14.3 Å². The van der Waals surface area contributed by atoms with E-state index in [-0.39, 0.29) is 5.56 Å². The third kappa shape index (κ3) is 2.68. The smallest absolute Gasteiger partial charge is 0.339 e. The second-order valence-corrected chi connectivity index (χ2v) is 3.87. The Morgan fingerprint density at radius 3 is 3.06 bits per heavy atom. The highest BCUT2D eigenvalue weighted by molar-refractivity contribution is 5.99. The van der Waals surface area contributed by atoms with Gasteiger partial charge in [0.1, 0.15) is 11.1 Å². The van der Waals surface area contributed by atoms with E-state index in [1.54, 1.807) is 12.1 Å². The molecule has 0 aliphatic heterocycles. The van der Waals surface area contributed by atoms with Crippen LogP contribution in [0.2, 0.25) is 0 Å². The van der Waals surface area contributed by atoms with E-state index in [9.17, 15) is 4.79 Å². The van der Waals surface area contributed by atoms with E-state index in [2.05, 4.69) is 4.98 Å². The summed E-state index contributed by atoms with van der Waals surface area (Å²) in [7, 11) is 0. The lowest BCUT2D eigenvalue weighted by Gasteiger charge is -1.97. The van der Waals surface area contributed by atoms with Crippen LogP contribution in [0.1, 0.15) is 29.6 Å². The molecule has 2 rings (SSSR count). The van der Waals surface area contributed by atoms with Crippen LogP contribution in [0.15, 0.2) is 22.6 Å². The topological polar surface area (TPSA) is 72.6 Å². The number of ether oxygens (including phenoxy) is 1. The Morgan fingerprint density at radius 1 is 1.50 bits per heavy atom. The zero-order chi connectivity index (χ0) is 13.0. The van der Waals surface area contributed by atoms with Crippen molar-refractivity contribution in [1.29, 1.82) is 0 Å². The lowest BCUT2D eigenvalue weighted by molar-refractivity contribution is 0.0697. The minimum Gasteiger partial charge on any atom is -0.478 e. The van der Waals surface area contributed by atoms with Crippen molar-refractivity contribution in [3.05, 3.63) is 29.7 Å². The lowest BCUT2D eigenvalue weighted by Crippen LogP contribution is -1.96. The average Bonchev–Trinajstić information content (AvgIpc) is 2.76. The van der Waals surface area contributed by atoms with Gasteiger partial charge >= 0.3 is 5.97 Å². The van der Waals surface area contributed by atoms with Gasteiger partial charge in [0.25, 0.3) is 0 Å². The van der Waals surface area contributed by atoms with Crippen LogP contribution >= 0.6 is 0 Å². The third-order valence-corrected chi connectivity index (χ3v) is 2.57. The molecule has 1 heterocycles. The van der Waals surface area contributed by atoms with E-state index in [1.807, 2.05) is 6.92 Å². The van der Waals surface area contributed by atoms with Gasteiger partial charge < -0.3 is 14.3 Å². The van der Waals surface area contributed by atoms with Crippen molar-refractivity contribution < 1.29 is 19.1 Å². The van der Waals surface area contributed by atoms with Gasteiger partial charge in [-0.1, -0.05) is 6.07 Å². The van der Waals surface area contributed by atoms with Crippen molar-refractivity contribution in [1.82, 2.24) is 4.98 Å². The number of aryl methyl sites for hydroxylation is 1. The largest absolute Gasteiger partial charge is 0.478 e. The van der Waals surface area contributed by atoms with Gasteiger partial charge in [0, 0.05) is 19.6 Å². The Kier molecular flexibility index (Phi) is 3.94. The van der Waals surface area contributed by atoms with Crippen LogP contribution in [0.3, 0.4) is 0 Å². The molecule has 0 unspecified atom stereocenters. The molecule has 2 aromatic rings. The van der Waals surface area contributed by atoms with Crippen LogP contribution in [0.4, 0.5) is 0 Å². The molecule has 1 aromatic heterocycles. The number of aromatic nitrogens is 1. The van der Waals surface area contributed by atoms with E-state index < -0.39 is 5.97 Å². The maximum Gasteiger partial charge on any atom is 0.339 e. The number of hydrogen-bond acceptors (Lipinski definition) is 4. The normalized spacial score (nSPS) is 10.9. The van der Waals surface area contributed by atoms with Crippen LogP contribution in [0, 0.1) is 0 Å². The highest BCUT2D eigenvalue weighted by Gasteiger charge is 2.14. The van der Waals surface area contributed by atoms with Crippen LogP contribution < -0.4 is 0 Å². The molecule has 0 saturated heterocycles. The fourth-order valence-corrected chi connectivity index (χ4v) is 1.74. The first-order chi connectivity index (χ1) is 8.72. The monoisotopic (exact) mass is 249 g/mol. The van der Waals surface area contributed by atoms with Crippen LogP contribution in [0.25, 0.3) is 11.1 Å². The molecule has 0 aliphatic carbocycles. The molecule has 96 valence electrons. The SMILES string of the molecule is CCOCCCc1nc2cccc(C(=O)O)c2o1. The number of fused-ring (bicyclic) bond motifs is 1. The predicted molar refractivity (Wildman–Crippen MR) is 65.8 cm³/mol. The van der Waals surface area contributed by atoms with Gasteiger partial charge in [-0.2, -0.15) is 0 Å². The molecule has 5 heteroatoms. The van der Waals surface area contributed by atoms with Gasteiger partial charge in [-0.05, 0) is 25.5 Å². The average molecular weight is 249 g/mol. The van der Waals surface area contributed by atoms with Gasteiger partial charge in [-0.15, -0.1) is 0 Å². The van der Waals surface area contributed by atoms with E-state index in [0.29, 0.717) is 36.6 Å². The Hall–Kier alpha value is -1.88. The molecule has 0 fully saturated rings. The standard InChI is InChI=1S/C13H15NO4/c1-2-17-8-4-7-11-14-10-6-3-5-9(13(15)16)12(10)18-11/h3,5-6H,2,4,7-8H2,1H3,(H,15,16). The number of carboxylic acids is 1. The Balaban J connectivity index is 2.17. The molecule has 0 amide bonds. The number of hydrogen-bond donors (Lipinski definition) is 1. The molecular formula is C13H15NO4. The van der Waals surface area contributed by atoms with Gasteiger partial charge in [0.05, 0.1) is 0 Å².